The number of halogens is 1. The number of alkyl carbamates (subject to hydrolysis) is 1. The fourth-order valence-corrected chi connectivity index (χ4v) is 1.31. The number of carbonyl (C=O) groups is 2. The Bertz CT molecular complexity index is 436. The Morgan fingerprint density at radius 1 is 1.50 bits per heavy atom. The van der Waals surface area contributed by atoms with Gasteiger partial charge in [-0.1, -0.05) is 12.1 Å². The minimum atomic E-state index is -0.910. The predicted molar refractivity (Wildman–Crippen MR) is 53.3 cm³/mol. The number of hydrogen-bond acceptors (Lipinski definition) is 3. The van der Waals surface area contributed by atoms with E-state index >= 15 is 0 Å². The molecule has 0 aromatic heterocycles. The third kappa shape index (κ3) is 2.10. The molecule has 16 heavy (non-hydrogen) atoms. The number of cyclic esters (lactones) is 1. The van der Waals surface area contributed by atoms with E-state index in [2.05, 4.69) is 15.4 Å². The lowest BCUT2D eigenvalue weighted by molar-refractivity contribution is -0.122. The van der Waals surface area contributed by atoms with Gasteiger partial charge in [0, 0.05) is 0 Å². The number of amides is 2. The average Bonchev–Trinajstić information content (AvgIpc) is 2.68. The fraction of sp³-hybridized carbons (Fsp3) is 0.200. The highest BCUT2D eigenvalue weighted by Gasteiger charge is 2.29. The first-order valence-electron chi connectivity index (χ1n) is 4.66. The quantitative estimate of drug-likeness (QED) is 0.783. The van der Waals surface area contributed by atoms with E-state index in [4.69, 9.17) is 0 Å². The molecule has 1 unspecified atom stereocenters. The lowest BCUT2D eigenvalue weighted by Crippen LogP contribution is -2.31. The Morgan fingerprint density at radius 3 is 2.88 bits per heavy atom. The van der Waals surface area contributed by atoms with E-state index in [1.807, 2.05) is 0 Å². The number of benzene rings is 1. The molecule has 2 N–H and O–H groups in total. The first-order chi connectivity index (χ1) is 7.66. The van der Waals surface area contributed by atoms with E-state index in [0.29, 0.717) is 0 Å². The van der Waals surface area contributed by atoms with Crippen molar-refractivity contribution in [1.29, 1.82) is 0 Å². The number of ether oxygens (including phenoxy) is 1. The first-order valence-corrected chi connectivity index (χ1v) is 4.66. The van der Waals surface area contributed by atoms with Gasteiger partial charge in [0.2, 0.25) is 0 Å². The van der Waals surface area contributed by atoms with Crippen molar-refractivity contribution in [3.05, 3.63) is 30.1 Å². The summed E-state index contributed by atoms with van der Waals surface area (Å²) < 4.78 is 17.8. The van der Waals surface area contributed by atoms with Crippen LogP contribution in [0, 0.1) is 5.82 Å². The van der Waals surface area contributed by atoms with Crippen molar-refractivity contribution < 1.29 is 18.7 Å². The van der Waals surface area contributed by atoms with Crippen LogP contribution in [0.1, 0.15) is 0 Å². The summed E-state index contributed by atoms with van der Waals surface area (Å²) in [5, 5.41) is 4.68. The molecular formula is C10H9FN2O3. The maximum absolute atomic E-state index is 13.2. The molecular weight excluding hydrogens is 215 g/mol. The molecule has 0 spiro atoms. The second-order valence-electron chi connectivity index (χ2n) is 3.24. The monoisotopic (exact) mass is 224 g/mol. The van der Waals surface area contributed by atoms with Crippen LogP contribution in [-0.2, 0) is 9.53 Å². The molecule has 1 heterocycles. The summed E-state index contributed by atoms with van der Waals surface area (Å²) in [6.07, 6.45) is -1.55. The second kappa shape index (κ2) is 4.18. The van der Waals surface area contributed by atoms with Crippen LogP contribution in [0.2, 0.25) is 0 Å². The Balaban J connectivity index is 2.03. The number of hydrogen-bond donors (Lipinski definition) is 2. The first kappa shape index (κ1) is 10.4. The smallest absolute Gasteiger partial charge is 0.408 e. The van der Waals surface area contributed by atoms with Crippen LogP contribution in [0.3, 0.4) is 0 Å². The summed E-state index contributed by atoms with van der Waals surface area (Å²) in [6.45, 7) is 0.0963. The largest absolute Gasteiger partial charge is 0.434 e. The summed E-state index contributed by atoms with van der Waals surface area (Å²) >= 11 is 0. The molecule has 1 aliphatic heterocycles. The van der Waals surface area contributed by atoms with Crippen LogP contribution in [0.5, 0.6) is 0 Å². The van der Waals surface area contributed by atoms with Gasteiger partial charge in [-0.2, -0.15) is 0 Å². The Hall–Kier alpha value is -2.11. The number of para-hydroxylation sites is 1. The van der Waals surface area contributed by atoms with E-state index in [-0.39, 0.29) is 12.2 Å². The van der Waals surface area contributed by atoms with Gasteiger partial charge in [0.05, 0.1) is 12.2 Å². The van der Waals surface area contributed by atoms with Crippen LogP contribution in [0.25, 0.3) is 0 Å². The summed E-state index contributed by atoms with van der Waals surface area (Å²) in [6, 6.07) is 5.77. The highest BCUT2D eigenvalue weighted by Crippen LogP contribution is 2.13. The minimum absolute atomic E-state index is 0.0652. The van der Waals surface area contributed by atoms with Gasteiger partial charge in [0.1, 0.15) is 5.82 Å². The summed E-state index contributed by atoms with van der Waals surface area (Å²) in [5.74, 6) is -1.09. The Morgan fingerprint density at radius 2 is 2.25 bits per heavy atom. The second-order valence-corrected chi connectivity index (χ2v) is 3.24. The number of carbonyl (C=O) groups excluding carboxylic acids is 2. The van der Waals surface area contributed by atoms with Crippen LogP contribution >= 0.6 is 0 Å². The van der Waals surface area contributed by atoms with Crippen LogP contribution in [0.4, 0.5) is 14.9 Å². The van der Waals surface area contributed by atoms with Gasteiger partial charge in [-0.05, 0) is 12.1 Å². The van der Waals surface area contributed by atoms with Gasteiger partial charge < -0.3 is 15.4 Å². The van der Waals surface area contributed by atoms with Crippen molar-refractivity contribution in [2.75, 3.05) is 11.9 Å². The topological polar surface area (TPSA) is 67.4 Å². The molecule has 5 nitrogen and oxygen atoms in total. The predicted octanol–water partition coefficient (Wildman–Crippen LogP) is 0.873. The Kier molecular flexibility index (Phi) is 2.72. The molecule has 0 radical (unpaired) electrons. The van der Waals surface area contributed by atoms with E-state index in [1.54, 1.807) is 6.07 Å². The fourth-order valence-electron chi connectivity index (χ4n) is 1.31. The molecule has 6 heteroatoms. The van der Waals surface area contributed by atoms with E-state index < -0.39 is 23.9 Å². The van der Waals surface area contributed by atoms with Gasteiger partial charge in [-0.3, -0.25) is 4.79 Å². The highest BCUT2D eigenvalue weighted by atomic mass is 19.1. The summed E-state index contributed by atoms with van der Waals surface area (Å²) in [5.41, 5.74) is 0.0652. The van der Waals surface area contributed by atoms with Crippen molar-refractivity contribution in [1.82, 2.24) is 5.32 Å². The molecule has 0 saturated carbocycles. The SMILES string of the molecule is O=C1NCC(C(=O)Nc2ccccc2F)O1. The maximum Gasteiger partial charge on any atom is 0.408 e. The molecule has 2 amide bonds. The molecule has 2 rings (SSSR count). The molecule has 84 valence electrons. The molecule has 1 aliphatic rings. The zero-order chi connectivity index (χ0) is 11.5. The van der Waals surface area contributed by atoms with Gasteiger partial charge in [-0.15, -0.1) is 0 Å². The van der Waals surface area contributed by atoms with Crippen LogP contribution in [0.15, 0.2) is 24.3 Å². The molecule has 1 aromatic rings. The minimum Gasteiger partial charge on any atom is -0.434 e. The molecule has 1 aromatic carbocycles. The van der Waals surface area contributed by atoms with Gasteiger partial charge in [0.15, 0.2) is 6.10 Å². The molecule has 0 aliphatic carbocycles. The third-order valence-corrected chi connectivity index (χ3v) is 2.11. The lowest BCUT2D eigenvalue weighted by Gasteiger charge is -2.09. The number of anilines is 1. The van der Waals surface area contributed by atoms with E-state index in [0.717, 1.165) is 0 Å². The van der Waals surface area contributed by atoms with Crippen molar-refractivity contribution >= 4 is 17.7 Å². The van der Waals surface area contributed by atoms with E-state index in [9.17, 15) is 14.0 Å². The average molecular weight is 224 g/mol. The van der Waals surface area contributed by atoms with Gasteiger partial charge in [-0.25, -0.2) is 9.18 Å². The summed E-state index contributed by atoms with van der Waals surface area (Å²) in [4.78, 5) is 22.2. The zero-order valence-electron chi connectivity index (χ0n) is 8.20. The molecule has 1 fully saturated rings. The summed E-state index contributed by atoms with van der Waals surface area (Å²) in [7, 11) is 0. The van der Waals surface area contributed by atoms with Crippen molar-refractivity contribution in [3.8, 4) is 0 Å². The maximum atomic E-state index is 13.2. The number of rotatable bonds is 2. The van der Waals surface area contributed by atoms with E-state index in [1.165, 1.54) is 18.2 Å². The zero-order valence-corrected chi connectivity index (χ0v) is 8.20. The normalized spacial score (nSPS) is 18.8. The lowest BCUT2D eigenvalue weighted by atomic mass is 10.2. The van der Waals surface area contributed by atoms with Crippen molar-refractivity contribution in [2.24, 2.45) is 0 Å². The van der Waals surface area contributed by atoms with Gasteiger partial charge >= 0.3 is 6.09 Å². The number of nitrogens with one attached hydrogen (secondary N) is 2. The molecule has 1 saturated heterocycles. The van der Waals surface area contributed by atoms with Gasteiger partial charge in [0.25, 0.3) is 5.91 Å². The Labute approximate surface area is 90.6 Å². The standard InChI is InChI=1S/C10H9FN2O3/c11-6-3-1-2-4-7(6)13-9(14)8-5-12-10(15)16-8/h1-4,8H,5H2,(H,12,15)(H,13,14). The van der Waals surface area contributed by atoms with Crippen molar-refractivity contribution in [3.63, 3.8) is 0 Å². The van der Waals surface area contributed by atoms with Crippen LogP contribution in [-0.4, -0.2) is 24.6 Å². The third-order valence-electron chi connectivity index (χ3n) is 2.11. The molecule has 0 bridgehead atoms. The van der Waals surface area contributed by atoms with Crippen molar-refractivity contribution in [2.45, 2.75) is 6.10 Å². The molecule has 1 atom stereocenters. The highest BCUT2D eigenvalue weighted by molar-refractivity contribution is 5.96. The van der Waals surface area contributed by atoms with Crippen LogP contribution < -0.4 is 10.6 Å².